The molecule has 35 heavy (non-hydrogen) atoms. The largest absolute Gasteiger partial charge is 0.507 e. The molecule has 0 unspecified atom stereocenters. The molecule has 2 aromatic carbocycles. The first-order valence-corrected chi connectivity index (χ1v) is 12.1. The van der Waals surface area contributed by atoms with Gasteiger partial charge in [0.25, 0.3) is 0 Å². The van der Waals surface area contributed by atoms with Crippen molar-refractivity contribution >= 4 is 11.8 Å². The lowest BCUT2D eigenvalue weighted by molar-refractivity contribution is -0.143. The Bertz CT molecular complexity index is 1130. The van der Waals surface area contributed by atoms with Crippen LogP contribution in [-0.2, 0) is 16.1 Å². The van der Waals surface area contributed by atoms with Crippen molar-refractivity contribution in [2.75, 3.05) is 45.1 Å². The first kappa shape index (κ1) is 24.6. The Kier molecular flexibility index (Phi) is 8.28. The summed E-state index contributed by atoms with van der Waals surface area (Å²) < 4.78 is 5.00. The van der Waals surface area contributed by atoms with Crippen molar-refractivity contribution in [2.45, 2.75) is 26.3 Å². The highest BCUT2D eigenvalue weighted by Crippen LogP contribution is 2.32. The van der Waals surface area contributed by atoms with E-state index in [0.717, 1.165) is 56.8 Å². The minimum absolute atomic E-state index is 0.103. The van der Waals surface area contributed by atoms with E-state index < -0.39 is 0 Å². The van der Waals surface area contributed by atoms with Crippen molar-refractivity contribution < 1.29 is 14.6 Å². The number of nitrogen functional groups attached to an aromatic ring is 1. The highest BCUT2D eigenvalue weighted by atomic mass is 16.5. The lowest BCUT2D eigenvalue weighted by Crippen LogP contribution is -2.46. The van der Waals surface area contributed by atoms with Crippen molar-refractivity contribution in [1.29, 1.82) is 0 Å². The normalized spacial score (nSPS) is 14.7. The third-order valence-electron chi connectivity index (χ3n) is 6.30. The van der Waals surface area contributed by atoms with E-state index in [1.165, 1.54) is 5.56 Å². The number of esters is 1. The highest BCUT2D eigenvalue weighted by molar-refractivity contribution is 5.79. The smallest absolute Gasteiger partial charge is 0.305 e. The summed E-state index contributed by atoms with van der Waals surface area (Å²) >= 11 is 0. The van der Waals surface area contributed by atoms with E-state index in [0.29, 0.717) is 30.1 Å². The van der Waals surface area contributed by atoms with Crippen LogP contribution < -0.4 is 5.73 Å². The molecule has 0 radical (unpaired) electrons. The molecule has 0 bridgehead atoms. The molecule has 0 saturated carbocycles. The molecule has 0 spiro atoms. The van der Waals surface area contributed by atoms with E-state index >= 15 is 0 Å². The van der Waals surface area contributed by atoms with Crippen LogP contribution in [0.2, 0.25) is 0 Å². The van der Waals surface area contributed by atoms with Gasteiger partial charge in [-0.25, -0.2) is 0 Å². The summed E-state index contributed by atoms with van der Waals surface area (Å²) in [5.41, 5.74) is 10.3. The van der Waals surface area contributed by atoms with Crippen molar-refractivity contribution in [2.24, 2.45) is 0 Å². The van der Waals surface area contributed by atoms with Gasteiger partial charge in [0.05, 0.1) is 12.3 Å². The highest BCUT2D eigenvalue weighted by Gasteiger charge is 2.17. The Morgan fingerprint density at radius 3 is 2.43 bits per heavy atom. The van der Waals surface area contributed by atoms with Gasteiger partial charge in [0.1, 0.15) is 5.75 Å². The van der Waals surface area contributed by atoms with E-state index in [1.54, 1.807) is 12.1 Å². The first-order chi connectivity index (χ1) is 17.0. The fourth-order valence-corrected chi connectivity index (χ4v) is 4.35. The Balaban J connectivity index is 1.32. The number of aromatic nitrogens is 2. The number of piperazine rings is 1. The van der Waals surface area contributed by atoms with Crippen molar-refractivity contribution in [3.8, 4) is 28.1 Å². The zero-order valence-electron chi connectivity index (χ0n) is 20.2. The Labute approximate surface area is 206 Å². The van der Waals surface area contributed by atoms with Crippen LogP contribution >= 0.6 is 0 Å². The molecule has 3 aromatic rings. The maximum atomic E-state index is 11.5. The Morgan fingerprint density at radius 2 is 1.71 bits per heavy atom. The van der Waals surface area contributed by atoms with Crippen molar-refractivity contribution in [1.82, 2.24) is 20.0 Å². The number of rotatable bonds is 9. The third-order valence-corrected chi connectivity index (χ3v) is 6.30. The Morgan fingerprint density at radius 1 is 1.00 bits per heavy atom. The van der Waals surface area contributed by atoms with Gasteiger partial charge >= 0.3 is 5.97 Å². The lowest BCUT2D eigenvalue weighted by atomic mass is 10.0. The zero-order valence-corrected chi connectivity index (χ0v) is 20.2. The van der Waals surface area contributed by atoms with Gasteiger partial charge in [-0.2, -0.15) is 0 Å². The molecule has 184 valence electrons. The molecule has 0 amide bonds. The topological polar surface area (TPSA) is 105 Å². The molecule has 1 aliphatic rings. The van der Waals surface area contributed by atoms with Crippen LogP contribution in [0.5, 0.6) is 5.75 Å². The predicted octanol–water partition coefficient (Wildman–Crippen LogP) is 3.56. The molecule has 1 aromatic heterocycles. The molecular weight excluding hydrogens is 442 g/mol. The van der Waals surface area contributed by atoms with Gasteiger partial charge in [-0.3, -0.25) is 9.69 Å². The summed E-state index contributed by atoms with van der Waals surface area (Å²) in [5, 5.41) is 18.4. The third kappa shape index (κ3) is 6.55. The van der Waals surface area contributed by atoms with Gasteiger partial charge < -0.3 is 20.5 Å². The summed E-state index contributed by atoms with van der Waals surface area (Å²) in [6, 6.07) is 17.3. The second kappa shape index (κ2) is 11.8. The van der Waals surface area contributed by atoms with Crippen molar-refractivity contribution in [3.05, 3.63) is 60.2 Å². The average Bonchev–Trinajstić information content (AvgIpc) is 2.87. The van der Waals surface area contributed by atoms with Crippen LogP contribution in [0.4, 0.5) is 5.82 Å². The van der Waals surface area contributed by atoms with Gasteiger partial charge in [0, 0.05) is 50.3 Å². The number of para-hydroxylation sites is 1. The maximum Gasteiger partial charge on any atom is 0.305 e. The lowest BCUT2D eigenvalue weighted by Gasteiger charge is -2.34. The van der Waals surface area contributed by atoms with Crippen LogP contribution in [0.25, 0.3) is 22.4 Å². The molecular formula is C27H33N5O3. The van der Waals surface area contributed by atoms with Crippen molar-refractivity contribution in [3.63, 3.8) is 0 Å². The number of anilines is 1. The van der Waals surface area contributed by atoms with E-state index in [2.05, 4.69) is 44.3 Å². The predicted molar refractivity (Wildman–Crippen MR) is 137 cm³/mol. The summed E-state index contributed by atoms with van der Waals surface area (Å²) in [6.07, 6.45) is 1.34. The number of hydrogen-bond donors (Lipinski definition) is 2. The van der Waals surface area contributed by atoms with Gasteiger partial charge in [-0.05, 0) is 49.2 Å². The van der Waals surface area contributed by atoms with E-state index in [9.17, 15) is 9.90 Å². The van der Waals surface area contributed by atoms with Crippen LogP contribution in [0.15, 0.2) is 54.6 Å². The van der Waals surface area contributed by atoms with Crippen LogP contribution in [0, 0.1) is 0 Å². The number of nitrogens with zero attached hydrogens (tertiary/aromatic N) is 4. The number of nitrogens with two attached hydrogens (primary N) is 1. The van der Waals surface area contributed by atoms with Crippen LogP contribution in [0.3, 0.4) is 0 Å². The van der Waals surface area contributed by atoms with E-state index in [-0.39, 0.29) is 11.7 Å². The quantitative estimate of drug-likeness (QED) is 0.453. The maximum absolute atomic E-state index is 11.5. The Hall–Kier alpha value is -3.49. The fourth-order valence-electron chi connectivity index (χ4n) is 4.35. The summed E-state index contributed by atoms with van der Waals surface area (Å²) in [6.45, 7) is 8.15. The molecule has 0 atom stereocenters. The molecule has 0 aliphatic carbocycles. The summed E-state index contributed by atoms with van der Waals surface area (Å²) in [7, 11) is 0. The number of phenols is 1. The second-order valence-electron chi connectivity index (χ2n) is 8.77. The summed E-state index contributed by atoms with van der Waals surface area (Å²) in [5.74, 6) is 0.413. The first-order valence-electron chi connectivity index (χ1n) is 12.1. The van der Waals surface area contributed by atoms with Crippen LogP contribution in [-0.4, -0.2) is 70.4 Å². The number of aromatic hydroxyl groups is 1. The number of phenolic OH excluding ortho intramolecular Hbond substituents is 1. The molecule has 8 heteroatoms. The van der Waals surface area contributed by atoms with E-state index in [1.807, 2.05) is 25.1 Å². The second-order valence-corrected chi connectivity index (χ2v) is 8.77. The van der Waals surface area contributed by atoms with Gasteiger partial charge in [-0.1, -0.05) is 36.4 Å². The SMILES string of the molecule is CCOC(=O)CCCN1CCN(Cc2ccc(-c3cc(-c4ccccc4O)nnc3N)cc2)CC1. The molecule has 8 nitrogen and oxygen atoms in total. The minimum Gasteiger partial charge on any atom is -0.507 e. The van der Waals surface area contributed by atoms with Gasteiger partial charge in [0.2, 0.25) is 0 Å². The number of carbonyl (C=O) groups is 1. The van der Waals surface area contributed by atoms with E-state index in [4.69, 9.17) is 10.5 Å². The van der Waals surface area contributed by atoms with Gasteiger partial charge in [-0.15, -0.1) is 10.2 Å². The average molecular weight is 476 g/mol. The number of ether oxygens (including phenoxy) is 1. The van der Waals surface area contributed by atoms with Gasteiger partial charge in [0.15, 0.2) is 5.82 Å². The molecule has 1 saturated heterocycles. The fraction of sp³-hybridized carbons (Fsp3) is 0.370. The molecule has 2 heterocycles. The van der Waals surface area contributed by atoms with Crippen LogP contribution in [0.1, 0.15) is 25.3 Å². The molecule has 1 aliphatic heterocycles. The number of hydrogen-bond acceptors (Lipinski definition) is 8. The monoisotopic (exact) mass is 475 g/mol. The zero-order chi connectivity index (χ0) is 24.6. The number of carbonyl (C=O) groups excluding carboxylic acids is 1. The molecule has 1 fully saturated rings. The minimum atomic E-state index is -0.103. The standard InChI is InChI=1S/C27H33N5O3/c1-2-35-26(34)8-5-13-31-14-16-32(17-15-31)19-20-9-11-21(12-10-20)23-18-24(29-30-27(23)28)22-6-3-4-7-25(22)33/h3-4,6-7,9-12,18,33H,2,5,8,13-17,19H2,1H3,(H2,28,30). The molecule has 4 rings (SSSR count). The summed E-state index contributed by atoms with van der Waals surface area (Å²) in [4.78, 5) is 16.4. The molecule has 3 N–H and O–H groups in total. The number of benzene rings is 2.